The highest BCUT2D eigenvalue weighted by atomic mass is 16.1. The Morgan fingerprint density at radius 2 is 1.91 bits per heavy atom. The SMILES string of the molecule is CC(=O)Nc1ccc(C(=O)C=C2Nc3cc(N4CCN(C)CC4)ccc3C3=NCCN23)cn1. The van der Waals surface area contributed by atoms with Crippen LogP contribution < -0.4 is 15.5 Å². The number of piperazine rings is 1. The van der Waals surface area contributed by atoms with Gasteiger partial charge in [-0.2, -0.15) is 0 Å². The van der Waals surface area contributed by atoms with Crippen LogP contribution in [0.1, 0.15) is 22.8 Å². The lowest BCUT2D eigenvalue weighted by molar-refractivity contribution is -0.114. The summed E-state index contributed by atoms with van der Waals surface area (Å²) in [6.07, 6.45) is 3.08. The molecule has 1 aromatic carbocycles. The minimum Gasteiger partial charge on any atom is -0.369 e. The van der Waals surface area contributed by atoms with Crippen molar-refractivity contribution in [2.45, 2.75) is 6.92 Å². The molecule has 0 radical (unpaired) electrons. The second-order valence-corrected chi connectivity index (χ2v) is 8.51. The highest BCUT2D eigenvalue weighted by molar-refractivity contribution is 6.10. The monoisotopic (exact) mass is 445 g/mol. The second-order valence-electron chi connectivity index (χ2n) is 8.51. The first-order valence-electron chi connectivity index (χ1n) is 11.1. The van der Waals surface area contributed by atoms with E-state index in [4.69, 9.17) is 4.99 Å². The highest BCUT2D eigenvalue weighted by Crippen LogP contribution is 2.33. The number of nitrogens with one attached hydrogen (secondary N) is 2. The van der Waals surface area contributed by atoms with Crippen molar-refractivity contribution in [3.63, 3.8) is 0 Å². The van der Waals surface area contributed by atoms with E-state index in [0.717, 1.165) is 49.8 Å². The highest BCUT2D eigenvalue weighted by Gasteiger charge is 2.30. The number of carbonyl (C=O) groups excluding carboxylic acids is 2. The van der Waals surface area contributed by atoms with Crippen molar-refractivity contribution in [2.75, 3.05) is 61.8 Å². The van der Waals surface area contributed by atoms with Crippen molar-refractivity contribution < 1.29 is 9.59 Å². The molecule has 0 saturated carbocycles. The summed E-state index contributed by atoms with van der Waals surface area (Å²) in [5.41, 5.74) is 3.63. The third-order valence-electron chi connectivity index (χ3n) is 6.13. The van der Waals surface area contributed by atoms with Gasteiger partial charge in [-0.3, -0.25) is 14.6 Å². The molecule has 1 saturated heterocycles. The standard InChI is InChI=1S/C24H27N7O2/c1-16(32)27-22-6-3-17(15-26-22)21(33)14-23-28-20-13-18(30-11-9-29(2)10-12-30)4-5-19(20)24-25-7-8-31(23)24/h3-6,13-15,28H,7-12H2,1-2H3,(H,26,27,32). The fourth-order valence-corrected chi connectivity index (χ4v) is 4.33. The van der Waals surface area contributed by atoms with E-state index in [1.54, 1.807) is 18.2 Å². The second kappa shape index (κ2) is 8.67. The van der Waals surface area contributed by atoms with Crippen LogP contribution in [0.2, 0.25) is 0 Å². The first kappa shape index (κ1) is 21.1. The summed E-state index contributed by atoms with van der Waals surface area (Å²) in [4.78, 5) is 39.8. The number of benzene rings is 1. The van der Waals surface area contributed by atoms with E-state index in [1.807, 2.05) is 0 Å². The Balaban J connectivity index is 1.40. The van der Waals surface area contributed by atoms with Gasteiger partial charge in [-0.05, 0) is 37.4 Å². The number of rotatable bonds is 4. The number of hydrogen-bond donors (Lipinski definition) is 2. The van der Waals surface area contributed by atoms with Gasteiger partial charge in [0, 0.05) is 68.7 Å². The van der Waals surface area contributed by atoms with Crippen molar-refractivity contribution in [2.24, 2.45) is 4.99 Å². The predicted octanol–water partition coefficient (Wildman–Crippen LogP) is 2.00. The van der Waals surface area contributed by atoms with Crippen molar-refractivity contribution in [3.05, 3.63) is 59.6 Å². The van der Waals surface area contributed by atoms with Crippen LogP contribution in [0.5, 0.6) is 0 Å². The van der Waals surface area contributed by atoms with Crippen LogP contribution in [0, 0.1) is 0 Å². The Bertz CT molecular complexity index is 1150. The molecule has 0 spiro atoms. The van der Waals surface area contributed by atoms with E-state index in [0.29, 0.717) is 23.7 Å². The molecule has 0 aliphatic carbocycles. The number of ketones is 1. The molecule has 3 aliphatic heterocycles. The van der Waals surface area contributed by atoms with Gasteiger partial charge in [0.15, 0.2) is 5.78 Å². The lowest BCUT2D eigenvalue weighted by Crippen LogP contribution is -2.44. The number of hydrogen-bond acceptors (Lipinski definition) is 8. The first-order valence-corrected chi connectivity index (χ1v) is 11.1. The summed E-state index contributed by atoms with van der Waals surface area (Å²) in [5, 5.41) is 6.07. The molecule has 3 aliphatic rings. The quantitative estimate of drug-likeness (QED) is 0.549. The molecule has 1 amide bonds. The van der Waals surface area contributed by atoms with E-state index >= 15 is 0 Å². The molecule has 5 rings (SSSR count). The molecule has 0 bridgehead atoms. The summed E-state index contributed by atoms with van der Waals surface area (Å²) in [6.45, 7) is 6.90. The fraction of sp³-hybridized carbons (Fsp3) is 0.333. The Kier molecular flexibility index (Phi) is 5.55. The van der Waals surface area contributed by atoms with Crippen molar-refractivity contribution >= 4 is 34.7 Å². The van der Waals surface area contributed by atoms with E-state index in [9.17, 15) is 9.59 Å². The van der Waals surface area contributed by atoms with E-state index in [-0.39, 0.29) is 11.7 Å². The summed E-state index contributed by atoms with van der Waals surface area (Å²) < 4.78 is 0. The van der Waals surface area contributed by atoms with Gasteiger partial charge in [0.25, 0.3) is 0 Å². The molecule has 9 nitrogen and oxygen atoms in total. The summed E-state index contributed by atoms with van der Waals surface area (Å²) in [5.74, 6) is 1.66. The molecule has 1 aromatic heterocycles. The van der Waals surface area contributed by atoms with Crippen LogP contribution in [-0.4, -0.2) is 78.6 Å². The summed E-state index contributed by atoms with van der Waals surface area (Å²) >= 11 is 0. The van der Waals surface area contributed by atoms with Crippen LogP contribution in [0.3, 0.4) is 0 Å². The van der Waals surface area contributed by atoms with Gasteiger partial charge >= 0.3 is 0 Å². The minimum atomic E-state index is -0.203. The topological polar surface area (TPSA) is 93.2 Å². The number of allylic oxidation sites excluding steroid dienone is 1. The molecule has 4 heterocycles. The van der Waals surface area contributed by atoms with E-state index < -0.39 is 0 Å². The Hall–Kier alpha value is -3.72. The van der Waals surface area contributed by atoms with Gasteiger partial charge in [0.1, 0.15) is 17.5 Å². The summed E-state index contributed by atoms with van der Waals surface area (Å²) in [6, 6.07) is 9.73. The van der Waals surface area contributed by atoms with Crippen molar-refractivity contribution in [1.29, 1.82) is 0 Å². The third kappa shape index (κ3) is 4.31. The van der Waals surface area contributed by atoms with Crippen LogP contribution >= 0.6 is 0 Å². The number of anilines is 3. The number of nitrogens with zero attached hydrogens (tertiary/aromatic N) is 5. The van der Waals surface area contributed by atoms with E-state index in [2.05, 4.69) is 55.6 Å². The molecule has 2 aromatic rings. The average Bonchev–Trinajstić information content (AvgIpc) is 3.30. The van der Waals surface area contributed by atoms with Crippen LogP contribution in [0.25, 0.3) is 0 Å². The smallest absolute Gasteiger partial charge is 0.222 e. The average molecular weight is 446 g/mol. The number of aromatic nitrogens is 1. The van der Waals surface area contributed by atoms with Crippen molar-refractivity contribution in [1.82, 2.24) is 14.8 Å². The minimum absolute atomic E-state index is 0.163. The molecule has 33 heavy (non-hydrogen) atoms. The Morgan fingerprint density at radius 1 is 1.09 bits per heavy atom. The number of likely N-dealkylation sites (N-methyl/N-ethyl adjacent to an activating group) is 1. The Morgan fingerprint density at radius 3 is 2.64 bits per heavy atom. The lowest BCUT2D eigenvalue weighted by atomic mass is 10.1. The number of carbonyl (C=O) groups is 2. The largest absolute Gasteiger partial charge is 0.369 e. The first-order chi connectivity index (χ1) is 16.0. The maximum absolute atomic E-state index is 13.0. The fourth-order valence-electron chi connectivity index (χ4n) is 4.33. The number of fused-ring (bicyclic) bond motifs is 3. The molecule has 1 fully saturated rings. The molecule has 9 heteroatoms. The maximum atomic E-state index is 13.0. The van der Waals surface area contributed by atoms with Crippen molar-refractivity contribution in [3.8, 4) is 0 Å². The van der Waals surface area contributed by atoms with Crippen LogP contribution in [0.15, 0.2) is 53.4 Å². The molecule has 0 unspecified atom stereocenters. The number of pyridine rings is 1. The van der Waals surface area contributed by atoms with Crippen LogP contribution in [0.4, 0.5) is 17.2 Å². The van der Waals surface area contributed by atoms with Gasteiger partial charge < -0.3 is 25.3 Å². The van der Waals surface area contributed by atoms with Gasteiger partial charge in [-0.25, -0.2) is 4.98 Å². The molecule has 2 N–H and O–H groups in total. The molecule has 0 atom stereocenters. The predicted molar refractivity (Wildman–Crippen MR) is 129 cm³/mol. The molecular weight excluding hydrogens is 418 g/mol. The van der Waals surface area contributed by atoms with Gasteiger partial charge in [-0.1, -0.05) is 0 Å². The third-order valence-corrected chi connectivity index (χ3v) is 6.13. The number of aliphatic imine (C=N–C) groups is 1. The van der Waals surface area contributed by atoms with Gasteiger partial charge in [0.05, 0.1) is 12.2 Å². The lowest BCUT2D eigenvalue weighted by Gasteiger charge is -2.36. The van der Waals surface area contributed by atoms with Crippen LogP contribution in [-0.2, 0) is 4.79 Å². The number of amides is 1. The zero-order chi connectivity index (χ0) is 22.9. The molecule has 170 valence electrons. The van der Waals surface area contributed by atoms with Gasteiger partial charge in [-0.15, -0.1) is 0 Å². The van der Waals surface area contributed by atoms with E-state index in [1.165, 1.54) is 18.8 Å². The molecular formula is C24H27N7O2. The van der Waals surface area contributed by atoms with Gasteiger partial charge in [0.2, 0.25) is 5.91 Å². The maximum Gasteiger partial charge on any atom is 0.222 e. The summed E-state index contributed by atoms with van der Waals surface area (Å²) in [7, 11) is 2.15. The normalized spacial score (nSPS) is 19.0. The zero-order valence-corrected chi connectivity index (χ0v) is 18.8. The Labute approximate surface area is 192 Å². The zero-order valence-electron chi connectivity index (χ0n) is 18.8. The number of amidine groups is 1.